The molecule has 1 amide bonds. The van der Waals surface area contributed by atoms with E-state index >= 15 is 0 Å². The Bertz CT molecular complexity index is 970. The molecule has 0 spiro atoms. The Morgan fingerprint density at radius 2 is 1.96 bits per heavy atom. The first-order valence-corrected chi connectivity index (χ1v) is 9.83. The summed E-state index contributed by atoms with van der Waals surface area (Å²) in [5.41, 5.74) is 3.12. The highest BCUT2D eigenvalue weighted by Crippen LogP contribution is 2.37. The van der Waals surface area contributed by atoms with Crippen LogP contribution in [0, 0.1) is 5.82 Å². The number of hydrogen-bond donors (Lipinski definition) is 1. The lowest BCUT2D eigenvalue weighted by atomic mass is 10.00. The van der Waals surface area contributed by atoms with Gasteiger partial charge in [-0.25, -0.2) is 4.39 Å². The van der Waals surface area contributed by atoms with Crippen molar-refractivity contribution in [3.63, 3.8) is 0 Å². The average Bonchev–Trinajstić information content (AvgIpc) is 3.36. The van der Waals surface area contributed by atoms with E-state index < -0.39 is 0 Å². The van der Waals surface area contributed by atoms with E-state index in [0.29, 0.717) is 30.0 Å². The molecule has 2 aromatic carbocycles. The molecule has 0 unspecified atom stereocenters. The van der Waals surface area contributed by atoms with E-state index in [0.717, 1.165) is 29.7 Å². The monoisotopic (exact) mass is 397 g/mol. The Labute approximate surface area is 168 Å². The minimum atomic E-state index is -0.288. The standard InChI is InChI=1S/C22H21ClFN3O/c23-16-10-7-15(8-11-16)9-12-21(28)27-13-3-6-20(27)22-18(14-25-26-22)17-4-1-2-5-19(17)24/h1-2,4-5,7-8,10-11,14,20H,3,6,9,12-13H2,(H,25,26)/t20-/m0/s1. The van der Waals surface area contributed by atoms with E-state index in [4.69, 9.17) is 11.6 Å². The van der Waals surface area contributed by atoms with E-state index in [2.05, 4.69) is 10.2 Å². The van der Waals surface area contributed by atoms with Gasteiger partial charge in [0.05, 0.1) is 17.9 Å². The summed E-state index contributed by atoms with van der Waals surface area (Å²) in [6.07, 6.45) is 4.51. The van der Waals surface area contributed by atoms with Crippen molar-refractivity contribution in [2.75, 3.05) is 6.54 Å². The van der Waals surface area contributed by atoms with Crippen LogP contribution < -0.4 is 0 Å². The van der Waals surface area contributed by atoms with Crippen LogP contribution in [0.15, 0.2) is 54.7 Å². The molecule has 4 rings (SSSR count). The minimum Gasteiger partial charge on any atom is -0.334 e. The second kappa shape index (κ2) is 8.15. The Morgan fingerprint density at radius 3 is 2.75 bits per heavy atom. The number of aromatic amines is 1. The number of benzene rings is 2. The molecule has 1 atom stereocenters. The van der Waals surface area contributed by atoms with E-state index in [1.165, 1.54) is 6.07 Å². The quantitative estimate of drug-likeness (QED) is 0.646. The van der Waals surface area contributed by atoms with Gasteiger partial charge in [0.1, 0.15) is 5.82 Å². The fourth-order valence-electron chi connectivity index (χ4n) is 3.86. The number of aryl methyl sites for hydroxylation is 1. The van der Waals surface area contributed by atoms with Gasteiger partial charge in [0, 0.05) is 29.1 Å². The van der Waals surface area contributed by atoms with Gasteiger partial charge in [-0.3, -0.25) is 9.89 Å². The first-order valence-electron chi connectivity index (χ1n) is 9.45. The number of halogens is 2. The number of rotatable bonds is 5. The second-order valence-electron chi connectivity index (χ2n) is 7.05. The molecule has 0 aliphatic carbocycles. The lowest BCUT2D eigenvalue weighted by Crippen LogP contribution is -2.31. The number of carbonyl (C=O) groups is 1. The van der Waals surface area contributed by atoms with Crippen molar-refractivity contribution in [1.82, 2.24) is 15.1 Å². The molecule has 28 heavy (non-hydrogen) atoms. The molecule has 1 aliphatic heterocycles. The van der Waals surface area contributed by atoms with Crippen molar-refractivity contribution in [1.29, 1.82) is 0 Å². The highest BCUT2D eigenvalue weighted by Gasteiger charge is 2.32. The van der Waals surface area contributed by atoms with Crippen LogP contribution in [0.5, 0.6) is 0 Å². The number of H-pyrrole nitrogens is 1. The number of amides is 1. The van der Waals surface area contributed by atoms with Crippen LogP contribution in [0.25, 0.3) is 11.1 Å². The van der Waals surface area contributed by atoms with Gasteiger partial charge >= 0.3 is 0 Å². The van der Waals surface area contributed by atoms with Gasteiger partial charge < -0.3 is 4.90 Å². The van der Waals surface area contributed by atoms with Gasteiger partial charge in [-0.15, -0.1) is 0 Å². The molecule has 0 saturated carbocycles. The molecule has 1 aliphatic rings. The van der Waals surface area contributed by atoms with Crippen molar-refractivity contribution < 1.29 is 9.18 Å². The molecule has 2 heterocycles. The molecule has 0 radical (unpaired) electrons. The Kier molecular flexibility index (Phi) is 5.44. The van der Waals surface area contributed by atoms with Crippen LogP contribution in [0.3, 0.4) is 0 Å². The molecular weight excluding hydrogens is 377 g/mol. The van der Waals surface area contributed by atoms with Crippen LogP contribution in [0.4, 0.5) is 4.39 Å². The summed E-state index contributed by atoms with van der Waals surface area (Å²) >= 11 is 5.92. The lowest BCUT2D eigenvalue weighted by molar-refractivity contribution is -0.132. The highest BCUT2D eigenvalue weighted by molar-refractivity contribution is 6.30. The third kappa shape index (κ3) is 3.80. The van der Waals surface area contributed by atoms with Crippen LogP contribution in [0.2, 0.25) is 5.02 Å². The van der Waals surface area contributed by atoms with Gasteiger partial charge in [-0.2, -0.15) is 5.10 Å². The minimum absolute atomic E-state index is 0.102. The zero-order valence-electron chi connectivity index (χ0n) is 15.4. The van der Waals surface area contributed by atoms with Crippen LogP contribution >= 0.6 is 11.6 Å². The normalized spacial score (nSPS) is 16.5. The summed E-state index contributed by atoms with van der Waals surface area (Å²) in [5, 5.41) is 7.84. The maximum absolute atomic E-state index is 14.3. The van der Waals surface area contributed by atoms with Gasteiger partial charge in [-0.1, -0.05) is 41.9 Å². The molecule has 1 N–H and O–H groups in total. The first kappa shape index (κ1) is 18.7. The van der Waals surface area contributed by atoms with E-state index in [-0.39, 0.29) is 17.8 Å². The van der Waals surface area contributed by atoms with Crippen LogP contribution in [-0.2, 0) is 11.2 Å². The van der Waals surface area contributed by atoms with E-state index in [9.17, 15) is 9.18 Å². The molecule has 0 bridgehead atoms. The maximum atomic E-state index is 14.3. The topological polar surface area (TPSA) is 49.0 Å². The maximum Gasteiger partial charge on any atom is 0.223 e. The van der Waals surface area contributed by atoms with Gasteiger partial charge in [0.15, 0.2) is 0 Å². The summed E-state index contributed by atoms with van der Waals surface area (Å²) < 4.78 is 14.3. The molecule has 4 nitrogen and oxygen atoms in total. The molecular formula is C22H21ClFN3O. The zero-order chi connectivity index (χ0) is 19.5. The summed E-state index contributed by atoms with van der Waals surface area (Å²) in [6, 6.07) is 14.1. The predicted octanol–water partition coefficient (Wildman–Crippen LogP) is 5.17. The fourth-order valence-corrected chi connectivity index (χ4v) is 3.98. The van der Waals surface area contributed by atoms with Crippen molar-refractivity contribution in [3.05, 3.63) is 76.8 Å². The zero-order valence-corrected chi connectivity index (χ0v) is 16.1. The smallest absolute Gasteiger partial charge is 0.223 e. The van der Waals surface area contributed by atoms with Crippen molar-refractivity contribution in [2.45, 2.75) is 31.7 Å². The second-order valence-corrected chi connectivity index (χ2v) is 7.49. The van der Waals surface area contributed by atoms with Gasteiger partial charge in [0.25, 0.3) is 0 Å². The summed E-state index contributed by atoms with van der Waals surface area (Å²) in [4.78, 5) is 14.8. The average molecular weight is 398 g/mol. The third-order valence-electron chi connectivity index (χ3n) is 5.28. The molecule has 1 fully saturated rings. The number of nitrogens with zero attached hydrogens (tertiary/aromatic N) is 2. The lowest BCUT2D eigenvalue weighted by Gasteiger charge is -2.25. The van der Waals surface area contributed by atoms with E-state index in [1.54, 1.807) is 24.4 Å². The molecule has 1 aromatic heterocycles. The van der Waals surface area contributed by atoms with Crippen molar-refractivity contribution >= 4 is 17.5 Å². The fraction of sp³-hybridized carbons (Fsp3) is 0.273. The van der Waals surface area contributed by atoms with Crippen molar-refractivity contribution in [2.24, 2.45) is 0 Å². The SMILES string of the molecule is O=C(CCc1ccc(Cl)cc1)N1CCC[C@H]1c1[nH]ncc1-c1ccccc1F. The molecule has 6 heteroatoms. The number of hydrogen-bond acceptors (Lipinski definition) is 2. The first-order chi connectivity index (χ1) is 13.6. The molecule has 144 valence electrons. The number of aromatic nitrogens is 2. The highest BCUT2D eigenvalue weighted by atomic mass is 35.5. The van der Waals surface area contributed by atoms with Crippen molar-refractivity contribution in [3.8, 4) is 11.1 Å². The third-order valence-corrected chi connectivity index (χ3v) is 5.53. The predicted molar refractivity (Wildman–Crippen MR) is 107 cm³/mol. The summed E-state index contributed by atoms with van der Waals surface area (Å²) in [7, 11) is 0. The molecule has 3 aromatic rings. The van der Waals surface area contributed by atoms with E-state index in [1.807, 2.05) is 29.2 Å². The van der Waals surface area contributed by atoms with Gasteiger partial charge in [0.2, 0.25) is 5.91 Å². The largest absolute Gasteiger partial charge is 0.334 e. The summed E-state index contributed by atoms with van der Waals surface area (Å²) in [6.45, 7) is 0.708. The summed E-state index contributed by atoms with van der Waals surface area (Å²) in [5.74, 6) is -0.185. The Morgan fingerprint density at radius 1 is 1.18 bits per heavy atom. The molecule has 1 saturated heterocycles. The Hall–Kier alpha value is -2.66. The van der Waals surface area contributed by atoms with Crippen LogP contribution in [0.1, 0.15) is 36.6 Å². The number of carbonyl (C=O) groups excluding carboxylic acids is 1. The number of likely N-dealkylation sites (tertiary alicyclic amines) is 1. The number of nitrogens with one attached hydrogen (secondary N) is 1. The Balaban J connectivity index is 1.51. The van der Waals surface area contributed by atoms with Crippen LogP contribution in [-0.4, -0.2) is 27.5 Å². The van der Waals surface area contributed by atoms with Gasteiger partial charge in [-0.05, 0) is 43.0 Å².